The lowest BCUT2D eigenvalue weighted by Crippen LogP contribution is -2.05. The van der Waals surface area contributed by atoms with E-state index in [2.05, 4.69) is 21.5 Å². The van der Waals surface area contributed by atoms with Crippen molar-refractivity contribution in [2.45, 2.75) is 6.42 Å². The number of hydrogen-bond acceptors (Lipinski definition) is 4. The molecular formula is C21H17N5. The number of pyridine rings is 1. The Labute approximate surface area is 151 Å². The van der Waals surface area contributed by atoms with Gasteiger partial charge in [-0.05, 0) is 36.2 Å². The number of para-hydroxylation sites is 2. The van der Waals surface area contributed by atoms with E-state index in [1.165, 1.54) is 0 Å². The van der Waals surface area contributed by atoms with Crippen LogP contribution in [0, 0.1) is 11.3 Å². The van der Waals surface area contributed by atoms with E-state index in [1.807, 2.05) is 71.7 Å². The molecule has 2 heterocycles. The predicted molar refractivity (Wildman–Crippen MR) is 102 cm³/mol. The van der Waals surface area contributed by atoms with Gasteiger partial charge in [-0.15, -0.1) is 0 Å². The molecular weight excluding hydrogens is 322 g/mol. The van der Waals surface area contributed by atoms with Crippen LogP contribution in [0.4, 0.5) is 5.69 Å². The Morgan fingerprint density at radius 1 is 1.04 bits per heavy atom. The molecule has 0 aliphatic heterocycles. The van der Waals surface area contributed by atoms with Gasteiger partial charge >= 0.3 is 0 Å². The standard InChI is InChI=1S/C21H17N5/c22-13-17-12-21(19-8-4-5-9-20(19)25-17)23-11-10-16-14-24-26(15-16)18-6-2-1-3-7-18/h1-9,12,14-15H,10-11H2,(H,23,25). The fraction of sp³-hybridized carbons (Fsp3) is 0.0952. The summed E-state index contributed by atoms with van der Waals surface area (Å²) in [5.74, 6) is 0. The van der Waals surface area contributed by atoms with Crippen LogP contribution >= 0.6 is 0 Å². The first-order valence-corrected chi connectivity index (χ1v) is 8.46. The molecule has 0 unspecified atom stereocenters. The topological polar surface area (TPSA) is 66.5 Å². The van der Waals surface area contributed by atoms with Crippen molar-refractivity contribution >= 4 is 16.6 Å². The number of nitrogens with zero attached hydrogens (tertiary/aromatic N) is 4. The number of nitriles is 1. The predicted octanol–water partition coefficient (Wildman–Crippen LogP) is 3.95. The molecule has 26 heavy (non-hydrogen) atoms. The Morgan fingerprint density at radius 2 is 1.85 bits per heavy atom. The van der Waals surface area contributed by atoms with E-state index in [0.717, 1.165) is 40.8 Å². The molecule has 0 spiro atoms. The first-order chi connectivity index (χ1) is 12.8. The van der Waals surface area contributed by atoms with Crippen molar-refractivity contribution in [1.29, 1.82) is 5.26 Å². The summed E-state index contributed by atoms with van der Waals surface area (Å²) in [5, 5.41) is 18.1. The number of aromatic nitrogens is 3. The van der Waals surface area contributed by atoms with E-state index in [4.69, 9.17) is 0 Å². The van der Waals surface area contributed by atoms with Crippen molar-refractivity contribution in [3.63, 3.8) is 0 Å². The van der Waals surface area contributed by atoms with Crippen LogP contribution in [-0.4, -0.2) is 21.3 Å². The van der Waals surface area contributed by atoms with E-state index in [1.54, 1.807) is 6.07 Å². The second kappa shape index (κ2) is 7.08. The molecule has 1 N–H and O–H groups in total. The third-order valence-electron chi connectivity index (χ3n) is 4.22. The molecule has 126 valence electrons. The summed E-state index contributed by atoms with van der Waals surface area (Å²) in [6, 6.07) is 21.8. The molecule has 0 atom stereocenters. The molecule has 0 aliphatic carbocycles. The Bertz CT molecular complexity index is 1080. The number of anilines is 1. The van der Waals surface area contributed by atoms with Gasteiger partial charge in [0.25, 0.3) is 0 Å². The number of fused-ring (bicyclic) bond motifs is 1. The monoisotopic (exact) mass is 339 g/mol. The van der Waals surface area contributed by atoms with Gasteiger partial charge in [0.1, 0.15) is 11.8 Å². The highest BCUT2D eigenvalue weighted by Gasteiger charge is 2.06. The second-order valence-electron chi connectivity index (χ2n) is 5.99. The zero-order chi connectivity index (χ0) is 17.8. The summed E-state index contributed by atoms with van der Waals surface area (Å²) in [7, 11) is 0. The van der Waals surface area contributed by atoms with Crippen molar-refractivity contribution in [2.24, 2.45) is 0 Å². The lowest BCUT2D eigenvalue weighted by Gasteiger charge is -2.09. The molecule has 4 rings (SSSR count). The Balaban J connectivity index is 1.48. The molecule has 0 fully saturated rings. The van der Waals surface area contributed by atoms with E-state index in [-0.39, 0.29) is 0 Å². The number of nitrogens with one attached hydrogen (secondary N) is 1. The van der Waals surface area contributed by atoms with Crippen LogP contribution in [0.1, 0.15) is 11.3 Å². The fourth-order valence-corrected chi connectivity index (χ4v) is 2.93. The van der Waals surface area contributed by atoms with Crippen molar-refractivity contribution < 1.29 is 0 Å². The highest BCUT2D eigenvalue weighted by atomic mass is 15.3. The molecule has 0 radical (unpaired) electrons. The van der Waals surface area contributed by atoms with Gasteiger partial charge in [0.2, 0.25) is 0 Å². The normalized spacial score (nSPS) is 10.6. The molecule has 4 aromatic rings. The van der Waals surface area contributed by atoms with Crippen LogP contribution in [0.2, 0.25) is 0 Å². The van der Waals surface area contributed by atoms with Crippen LogP contribution in [0.15, 0.2) is 73.1 Å². The zero-order valence-corrected chi connectivity index (χ0v) is 14.1. The van der Waals surface area contributed by atoms with Gasteiger partial charge < -0.3 is 5.32 Å². The highest BCUT2D eigenvalue weighted by Crippen LogP contribution is 2.23. The molecule has 5 heteroatoms. The van der Waals surface area contributed by atoms with Gasteiger partial charge in [-0.2, -0.15) is 10.4 Å². The maximum Gasteiger partial charge on any atom is 0.143 e. The van der Waals surface area contributed by atoms with Crippen LogP contribution in [0.25, 0.3) is 16.6 Å². The number of hydrogen-bond donors (Lipinski definition) is 1. The van der Waals surface area contributed by atoms with Crippen LogP contribution < -0.4 is 5.32 Å². The minimum absolute atomic E-state index is 0.420. The molecule has 2 aromatic carbocycles. The SMILES string of the molecule is N#Cc1cc(NCCc2cnn(-c3ccccc3)c2)c2ccccc2n1. The maximum atomic E-state index is 9.18. The van der Waals surface area contributed by atoms with Crippen LogP contribution in [0.5, 0.6) is 0 Å². The van der Waals surface area contributed by atoms with Gasteiger partial charge in [0.05, 0.1) is 17.4 Å². The van der Waals surface area contributed by atoms with Gasteiger partial charge in [0.15, 0.2) is 0 Å². The van der Waals surface area contributed by atoms with Gasteiger partial charge in [-0.3, -0.25) is 0 Å². The highest BCUT2D eigenvalue weighted by molar-refractivity contribution is 5.91. The minimum Gasteiger partial charge on any atom is -0.384 e. The average Bonchev–Trinajstić information content (AvgIpc) is 3.17. The fourth-order valence-electron chi connectivity index (χ4n) is 2.93. The molecule has 0 aliphatic rings. The zero-order valence-electron chi connectivity index (χ0n) is 14.1. The summed E-state index contributed by atoms with van der Waals surface area (Å²) >= 11 is 0. The third-order valence-corrected chi connectivity index (χ3v) is 4.22. The van der Waals surface area contributed by atoms with Crippen molar-refractivity contribution in [2.75, 3.05) is 11.9 Å². The summed E-state index contributed by atoms with van der Waals surface area (Å²) in [4.78, 5) is 4.34. The lowest BCUT2D eigenvalue weighted by atomic mass is 10.1. The number of rotatable bonds is 5. The van der Waals surface area contributed by atoms with Gasteiger partial charge in [-0.1, -0.05) is 36.4 Å². The minimum atomic E-state index is 0.420. The van der Waals surface area contributed by atoms with Crippen molar-refractivity contribution in [3.8, 4) is 11.8 Å². The van der Waals surface area contributed by atoms with E-state index < -0.39 is 0 Å². The molecule has 0 amide bonds. The van der Waals surface area contributed by atoms with Gasteiger partial charge in [-0.25, -0.2) is 9.67 Å². The quantitative estimate of drug-likeness (QED) is 0.598. The average molecular weight is 339 g/mol. The Kier molecular flexibility index (Phi) is 4.31. The number of benzene rings is 2. The van der Waals surface area contributed by atoms with Crippen LogP contribution in [-0.2, 0) is 6.42 Å². The first-order valence-electron chi connectivity index (χ1n) is 8.46. The van der Waals surface area contributed by atoms with Crippen molar-refractivity contribution in [1.82, 2.24) is 14.8 Å². The van der Waals surface area contributed by atoms with E-state index >= 15 is 0 Å². The molecule has 0 saturated carbocycles. The molecule has 0 bridgehead atoms. The Hall–Kier alpha value is -3.65. The Morgan fingerprint density at radius 3 is 2.69 bits per heavy atom. The van der Waals surface area contributed by atoms with E-state index in [0.29, 0.717) is 5.69 Å². The lowest BCUT2D eigenvalue weighted by molar-refractivity contribution is 0.879. The summed E-state index contributed by atoms with van der Waals surface area (Å²) in [6.07, 6.45) is 4.77. The molecule has 5 nitrogen and oxygen atoms in total. The summed E-state index contributed by atoms with van der Waals surface area (Å²) < 4.78 is 1.88. The van der Waals surface area contributed by atoms with Crippen LogP contribution in [0.3, 0.4) is 0 Å². The van der Waals surface area contributed by atoms with Crippen molar-refractivity contribution in [3.05, 3.63) is 84.3 Å². The molecule has 0 saturated heterocycles. The largest absolute Gasteiger partial charge is 0.384 e. The van der Waals surface area contributed by atoms with Gasteiger partial charge in [0, 0.05) is 23.8 Å². The van der Waals surface area contributed by atoms with E-state index in [9.17, 15) is 5.26 Å². The second-order valence-corrected chi connectivity index (χ2v) is 5.99. The third kappa shape index (κ3) is 3.26. The first kappa shape index (κ1) is 15.9. The maximum absolute atomic E-state index is 9.18. The summed E-state index contributed by atoms with van der Waals surface area (Å²) in [6.45, 7) is 0.749. The summed E-state index contributed by atoms with van der Waals surface area (Å²) in [5.41, 5.74) is 4.38. The smallest absolute Gasteiger partial charge is 0.143 e. The molecule has 2 aromatic heterocycles.